The minimum Gasteiger partial charge on any atom is -0.486 e. The topological polar surface area (TPSA) is 114 Å². The normalized spacial score (nSPS) is 16.1. The van der Waals surface area contributed by atoms with Gasteiger partial charge in [0.2, 0.25) is 0 Å². The summed E-state index contributed by atoms with van der Waals surface area (Å²) in [5.41, 5.74) is 1.44. The molecule has 0 radical (unpaired) electrons. The summed E-state index contributed by atoms with van der Waals surface area (Å²) in [7, 11) is 0. The summed E-state index contributed by atoms with van der Waals surface area (Å²) < 4.78 is 16.2. The van der Waals surface area contributed by atoms with Gasteiger partial charge in [-0.25, -0.2) is 9.59 Å². The molecule has 0 spiro atoms. The van der Waals surface area contributed by atoms with E-state index in [-0.39, 0.29) is 26.2 Å². The number of nitrogens with one attached hydrogen (secondary N) is 1. The number of fused-ring (bicyclic) bond motifs is 1. The number of benzene rings is 2. The van der Waals surface area contributed by atoms with Crippen molar-refractivity contribution < 1.29 is 34.0 Å². The van der Waals surface area contributed by atoms with Gasteiger partial charge in [-0.1, -0.05) is 36.4 Å². The molecule has 8 nitrogen and oxygen atoms in total. The SMILES string of the molecule is O=C(N[C@@H](Cc1ccc2c(c1)O[C@@H](CO)CO2)C(=O)O)OCc1ccccc1. The van der Waals surface area contributed by atoms with E-state index in [2.05, 4.69) is 5.32 Å². The molecule has 3 N–H and O–H groups in total. The second-order valence-electron chi connectivity index (χ2n) is 6.32. The maximum atomic E-state index is 12.0. The number of carbonyl (C=O) groups excluding carboxylic acids is 1. The van der Waals surface area contributed by atoms with Crippen molar-refractivity contribution in [3.05, 3.63) is 59.7 Å². The predicted molar refractivity (Wildman–Crippen MR) is 98.3 cm³/mol. The lowest BCUT2D eigenvalue weighted by Crippen LogP contribution is -2.42. The van der Waals surface area contributed by atoms with Crippen LogP contribution in [0.3, 0.4) is 0 Å². The van der Waals surface area contributed by atoms with Crippen LogP contribution in [0.1, 0.15) is 11.1 Å². The highest BCUT2D eigenvalue weighted by molar-refractivity contribution is 5.80. The third-order valence-electron chi connectivity index (χ3n) is 4.17. The number of carboxylic acids is 1. The standard InChI is InChI=1S/C20H21NO7/c22-10-15-12-26-17-7-6-14(9-18(17)28-15)8-16(19(23)24)21-20(25)27-11-13-4-2-1-3-5-13/h1-7,9,15-16,22H,8,10-12H2,(H,21,25)(H,23,24)/t15-,16-/m0/s1. The van der Waals surface area contributed by atoms with Crippen LogP contribution in [0.25, 0.3) is 0 Å². The molecule has 28 heavy (non-hydrogen) atoms. The Labute approximate surface area is 161 Å². The summed E-state index contributed by atoms with van der Waals surface area (Å²) in [4.78, 5) is 23.5. The number of amides is 1. The maximum Gasteiger partial charge on any atom is 0.408 e. The third-order valence-corrected chi connectivity index (χ3v) is 4.17. The molecule has 1 amide bonds. The van der Waals surface area contributed by atoms with Crippen molar-refractivity contribution in [2.24, 2.45) is 0 Å². The van der Waals surface area contributed by atoms with Gasteiger partial charge in [-0.3, -0.25) is 0 Å². The average molecular weight is 387 g/mol. The Morgan fingerprint density at radius 2 is 1.93 bits per heavy atom. The Balaban J connectivity index is 1.60. The number of alkyl carbamates (subject to hydrolysis) is 1. The average Bonchev–Trinajstić information content (AvgIpc) is 2.72. The van der Waals surface area contributed by atoms with E-state index in [1.165, 1.54) is 0 Å². The number of carboxylic acid groups (broad SMARTS) is 1. The number of rotatable bonds is 7. The summed E-state index contributed by atoms with van der Waals surface area (Å²) in [6, 6.07) is 12.9. The van der Waals surface area contributed by atoms with Crippen LogP contribution in [-0.4, -0.2) is 47.6 Å². The highest BCUT2D eigenvalue weighted by Gasteiger charge is 2.24. The van der Waals surface area contributed by atoms with Crippen LogP contribution in [0.5, 0.6) is 11.5 Å². The Hall–Kier alpha value is -3.26. The van der Waals surface area contributed by atoms with Crippen molar-refractivity contribution in [3.8, 4) is 11.5 Å². The quantitative estimate of drug-likeness (QED) is 0.663. The lowest BCUT2D eigenvalue weighted by atomic mass is 10.1. The van der Waals surface area contributed by atoms with E-state index < -0.39 is 24.2 Å². The minimum absolute atomic E-state index is 0.0379. The molecule has 1 aliphatic heterocycles. The molecule has 0 saturated heterocycles. The first-order valence-electron chi connectivity index (χ1n) is 8.78. The summed E-state index contributed by atoms with van der Waals surface area (Å²) in [6.07, 6.45) is -1.24. The van der Waals surface area contributed by atoms with Gasteiger partial charge in [-0.2, -0.15) is 0 Å². The molecule has 0 aromatic heterocycles. The Kier molecular flexibility index (Phi) is 6.33. The van der Waals surface area contributed by atoms with Gasteiger partial charge in [0, 0.05) is 6.42 Å². The Bertz CT molecular complexity index is 825. The zero-order chi connectivity index (χ0) is 19.9. The van der Waals surface area contributed by atoms with Gasteiger partial charge in [0.1, 0.15) is 19.3 Å². The highest BCUT2D eigenvalue weighted by atomic mass is 16.6. The first kappa shape index (κ1) is 19.5. The van der Waals surface area contributed by atoms with Crippen LogP contribution < -0.4 is 14.8 Å². The first-order chi connectivity index (χ1) is 13.5. The molecular formula is C20H21NO7. The molecule has 8 heteroatoms. The minimum atomic E-state index is -1.18. The van der Waals surface area contributed by atoms with E-state index in [0.29, 0.717) is 17.1 Å². The van der Waals surface area contributed by atoms with Crippen LogP contribution in [0.2, 0.25) is 0 Å². The number of aliphatic carboxylic acids is 1. The number of carbonyl (C=O) groups is 2. The molecule has 3 rings (SSSR count). The lowest BCUT2D eigenvalue weighted by molar-refractivity contribution is -0.139. The van der Waals surface area contributed by atoms with E-state index >= 15 is 0 Å². The van der Waals surface area contributed by atoms with E-state index in [1.807, 2.05) is 18.2 Å². The summed E-state index contributed by atoms with van der Waals surface area (Å²) >= 11 is 0. The molecule has 1 heterocycles. The van der Waals surface area contributed by atoms with Gasteiger partial charge in [0.25, 0.3) is 0 Å². The lowest BCUT2D eigenvalue weighted by Gasteiger charge is -2.25. The van der Waals surface area contributed by atoms with E-state index in [0.717, 1.165) is 5.56 Å². The van der Waals surface area contributed by atoms with Gasteiger partial charge >= 0.3 is 12.1 Å². The Morgan fingerprint density at radius 3 is 2.64 bits per heavy atom. The molecule has 0 fully saturated rings. The molecular weight excluding hydrogens is 366 g/mol. The largest absolute Gasteiger partial charge is 0.486 e. The van der Waals surface area contributed by atoms with E-state index in [1.54, 1.807) is 30.3 Å². The van der Waals surface area contributed by atoms with Crippen molar-refractivity contribution in [1.29, 1.82) is 0 Å². The van der Waals surface area contributed by atoms with Crippen LogP contribution in [0.4, 0.5) is 4.79 Å². The fourth-order valence-electron chi connectivity index (χ4n) is 2.72. The van der Waals surface area contributed by atoms with E-state index in [4.69, 9.17) is 14.2 Å². The van der Waals surface area contributed by atoms with Crippen molar-refractivity contribution in [1.82, 2.24) is 5.32 Å². The van der Waals surface area contributed by atoms with Crippen LogP contribution in [-0.2, 0) is 22.6 Å². The zero-order valence-electron chi connectivity index (χ0n) is 15.0. The number of hydrogen-bond acceptors (Lipinski definition) is 6. The summed E-state index contributed by atoms with van der Waals surface area (Å²) in [5, 5.41) is 21.0. The fraction of sp³-hybridized carbons (Fsp3) is 0.300. The summed E-state index contributed by atoms with van der Waals surface area (Å²) in [5.74, 6) is -0.228. The van der Waals surface area contributed by atoms with Gasteiger partial charge in [0.15, 0.2) is 17.6 Å². The van der Waals surface area contributed by atoms with Crippen molar-refractivity contribution in [2.75, 3.05) is 13.2 Å². The molecule has 2 aromatic rings. The van der Waals surface area contributed by atoms with Gasteiger partial charge in [-0.15, -0.1) is 0 Å². The molecule has 0 saturated carbocycles. The molecule has 1 aliphatic rings. The smallest absolute Gasteiger partial charge is 0.408 e. The number of aliphatic hydroxyl groups excluding tert-OH is 1. The molecule has 0 aliphatic carbocycles. The highest BCUT2D eigenvalue weighted by Crippen LogP contribution is 2.32. The van der Waals surface area contributed by atoms with Crippen molar-refractivity contribution in [2.45, 2.75) is 25.2 Å². The third kappa shape index (κ3) is 5.14. The molecule has 148 valence electrons. The molecule has 0 bridgehead atoms. The Morgan fingerprint density at radius 1 is 1.14 bits per heavy atom. The molecule has 0 unspecified atom stereocenters. The molecule has 2 aromatic carbocycles. The van der Waals surface area contributed by atoms with Crippen LogP contribution in [0.15, 0.2) is 48.5 Å². The fourth-order valence-corrected chi connectivity index (χ4v) is 2.72. The monoisotopic (exact) mass is 387 g/mol. The van der Waals surface area contributed by atoms with Crippen LogP contribution in [0, 0.1) is 0 Å². The molecule has 2 atom stereocenters. The van der Waals surface area contributed by atoms with E-state index in [9.17, 15) is 19.8 Å². The number of aliphatic hydroxyl groups is 1. The van der Waals surface area contributed by atoms with Crippen LogP contribution >= 0.6 is 0 Å². The van der Waals surface area contributed by atoms with Gasteiger partial charge in [-0.05, 0) is 23.3 Å². The zero-order valence-corrected chi connectivity index (χ0v) is 15.0. The second-order valence-corrected chi connectivity index (χ2v) is 6.32. The second kappa shape index (κ2) is 9.09. The predicted octanol–water partition coefficient (Wildman–Crippen LogP) is 1.74. The van der Waals surface area contributed by atoms with Crippen molar-refractivity contribution >= 4 is 12.1 Å². The maximum absolute atomic E-state index is 12.0. The first-order valence-corrected chi connectivity index (χ1v) is 8.78. The van der Waals surface area contributed by atoms with Gasteiger partial charge in [0.05, 0.1) is 6.61 Å². The summed E-state index contributed by atoms with van der Waals surface area (Å²) in [6.45, 7) is 0.108. The van der Waals surface area contributed by atoms with Crippen molar-refractivity contribution in [3.63, 3.8) is 0 Å². The number of hydrogen-bond donors (Lipinski definition) is 3. The van der Waals surface area contributed by atoms with Gasteiger partial charge < -0.3 is 29.7 Å². The number of ether oxygens (including phenoxy) is 3.